The highest BCUT2D eigenvalue weighted by atomic mass is 32.2. The number of nitrogens with two attached hydrogens (primary N) is 1. The second-order valence-electron chi connectivity index (χ2n) is 16.1. The van der Waals surface area contributed by atoms with Gasteiger partial charge in [-0.25, -0.2) is 19.4 Å². The van der Waals surface area contributed by atoms with E-state index in [0.29, 0.717) is 23.5 Å². The molecule has 0 aromatic carbocycles. The number of nitrogens with zero attached hydrogens (tertiary/aromatic N) is 6. The van der Waals surface area contributed by atoms with Gasteiger partial charge in [0.05, 0.1) is 11.1 Å². The Labute approximate surface area is 358 Å². The summed E-state index contributed by atoms with van der Waals surface area (Å²) in [6.07, 6.45) is 5.09. The van der Waals surface area contributed by atoms with Gasteiger partial charge in [-0.05, 0) is 95.7 Å². The predicted octanol–water partition coefficient (Wildman–Crippen LogP) is 4.18. The fraction of sp³-hybridized carbons (Fsp3) is 0.429. The molecule has 6 heterocycles. The molecule has 326 valence electrons. The number of aromatic nitrogens is 4. The third-order valence-electron chi connectivity index (χ3n) is 9.96. The Bertz CT molecular complexity index is 2510. The van der Waals surface area contributed by atoms with Crippen LogP contribution in [0.2, 0.25) is 0 Å². The lowest BCUT2D eigenvalue weighted by molar-refractivity contribution is 0.0972. The molecule has 0 saturated carbocycles. The molecule has 0 radical (unpaired) electrons. The lowest BCUT2D eigenvalue weighted by Gasteiger charge is -2.33. The van der Waals surface area contributed by atoms with Crippen molar-refractivity contribution in [3.8, 4) is 23.6 Å². The van der Waals surface area contributed by atoms with Crippen LogP contribution in [0.5, 0.6) is 11.8 Å². The Morgan fingerprint density at radius 3 is 1.57 bits per heavy atom. The number of carbonyl (C=O) groups is 2. The maximum Gasteiger partial charge on any atom is 0.281 e. The zero-order chi connectivity index (χ0) is 44.6. The van der Waals surface area contributed by atoms with Gasteiger partial charge in [-0.3, -0.25) is 9.59 Å². The van der Waals surface area contributed by atoms with Crippen molar-refractivity contribution in [2.75, 3.05) is 42.6 Å². The molecule has 2 aliphatic rings. The Kier molecular flexibility index (Phi) is 14.6. The molecule has 0 aliphatic carbocycles. The molecule has 2 amide bonds. The summed E-state index contributed by atoms with van der Waals surface area (Å²) in [4.78, 5) is 46.7. The minimum atomic E-state index is -4.21. The number of anilines is 2. The Balaban J connectivity index is 0.000000231. The van der Waals surface area contributed by atoms with Crippen molar-refractivity contribution in [1.82, 2.24) is 29.4 Å². The molecule has 4 N–H and O–H groups in total. The van der Waals surface area contributed by atoms with Crippen LogP contribution in [0.15, 0.2) is 83.1 Å². The minimum Gasteiger partial charge on any atom is -0.476 e. The second-order valence-corrected chi connectivity index (χ2v) is 19.3. The molecule has 2 aliphatic heterocycles. The van der Waals surface area contributed by atoms with E-state index < -0.39 is 31.9 Å². The van der Waals surface area contributed by atoms with E-state index in [2.05, 4.69) is 92.6 Å². The molecule has 4 aromatic heterocycles. The van der Waals surface area contributed by atoms with Crippen molar-refractivity contribution < 1.29 is 35.9 Å². The van der Waals surface area contributed by atoms with Gasteiger partial charge < -0.3 is 25.0 Å². The summed E-state index contributed by atoms with van der Waals surface area (Å²) in [5.74, 6) is 5.88. The van der Waals surface area contributed by atoms with Crippen LogP contribution < -0.4 is 34.5 Å². The second kappa shape index (κ2) is 19.3. The van der Waals surface area contributed by atoms with Crippen LogP contribution in [0.3, 0.4) is 0 Å². The summed E-state index contributed by atoms with van der Waals surface area (Å²) in [7, 11) is -8.42. The lowest BCUT2D eigenvalue weighted by Crippen LogP contribution is -2.41. The summed E-state index contributed by atoms with van der Waals surface area (Å²) in [5.41, 5.74) is 5.38. The van der Waals surface area contributed by atoms with Gasteiger partial charge in [0.1, 0.15) is 18.2 Å². The van der Waals surface area contributed by atoms with Crippen molar-refractivity contribution in [3.63, 3.8) is 0 Å². The van der Waals surface area contributed by atoms with E-state index in [1.165, 1.54) is 36.4 Å². The highest BCUT2D eigenvalue weighted by molar-refractivity contribution is 7.90. The molecule has 2 saturated heterocycles. The maximum absolute atomic E-state index is 13.0. The van der Waals surface area contributed by atoms with E-state index in [-0.39, 0.29) is 63.8 Å². The van der Waals surface area contributed by atoms with Gasteiger partial charge in [-0.1, -0.05) is 31.9 Å². The summed E-state index contributed by atoms with van der Waals surface area (Å²) >= 11 is 0. The molecule has 6 rings (SSSR count). The summed E-state index contributed by atoms with van der Waals surface area (Å²) in [6, 6.07) is 15.0. The van der Waals surface area contributed by atoms with Crippen LogP contribution in [0, 0.1) is 23.7 Å². The number of pyridine rings is 4. The molecular weight excluding hydrogens is 823 g/mol. The molecule has 0 spiro atoms. The SMILES string of the molecule is CC#CCOc1cccc(S(=O)(=O)NC(=O)c2cccnc2N2CC(C)CC2(C)C)n1.CC1CN(c2ncccc2C(=O)NS(=O)(=O)c2cccc(OCCN)n2)C(C)(C)C1. The molecule has 2 atom stereocenters. The van der Waals surface area contributed by atoms with E-state index in [9.17, 15) is 26.4 Å². The minimum absolute atomic E-state index is 0.0858. The van der Waals surface area contributed by atoms with Gasteiger partial charge in [0.15, 0.2) is 16.7 Å². The van der Waals surface area contributed by atoms with Crippen molar-refractivity contribution in [3.05, 3.63) is 84.2 Å². The van der Waals surface area contributed by atoms with Crippen molar-refractivity contribution in [2.45, 2.75) is 82.4 Å². The molecule has 19 heteroatoms. The zero-order valence-corrected chi connectivity index (χ0v) is 37.0. The van der Waals surface area contributed by atoms with Crippen molar-refractivity contribution in [2.24, 2.45) is 17.6 Å². The van der Waals surface area contributed by atoms with Gasteiger partial charge in [0.2, 0.25) is 11.8 Å². The first kappa shape index (κ1) is 46.2. The molecule has 2 fully saturated rings. The van der Waals surface area contributed by atoms with E-state index in [4.69, 9.17) is 15.2 Å². The van der Waals surface area contributed by atoms with Crippen LogP contribution in [-0.2, 0) is 20.0 Å². The van der Waals surface area contributed by atoms with Crippen LogP contribution in [0.4, 0.5) is 11.6 Å². The molecule has 0 bridgehead atoms. The summed E-state index contributed by atoms with van der Waals surface area (Å²) in [6.45, 7) is 16.3. The largest absolute Gasteiger partial charge is 0.476 e. The normalized spacial score (nSPS) is 17.9. The molecule has 61 heavy (non-hydrogen) atoms. The number of rotatable bonds is 13. The first-order chi connectivity index (χ1) is 28.8. The number of carbonyl (C=O) groups excluding carboxylic acids is 2. The molecule has 2 unspecified atom stereocenters. The van der Waals surface area contributed by atoms with Crippen LogP contribution in [0.25, 0.3) is 0 Å². The highest BCUT2D eigenvalue weighted by Gasteiger charge is 2.40. The molecular formula is C42H53N9O8S2. The average molecular weight is 876 g/mol. The van der Waals surface area contributed by atoms with Crippen molar-refractivity contribution >= 4 is 43.5 Å². The fourth-order valence-electron chi connectivity index (χ4n) is 7.55. The van der Waals surface area contributed by atoms with E-state index in [0.717, 1.165) is 25.9 Å². The Morgan fingerprint density at radius 2 is 1.18 bits per heavy atom. The van der Waals surface area contributed by atoms with Crippen molar-refractivity contribution in [1.29, 1.82) is 0 Å². The van der Waals surface area contributed by atoms with Gasteiger partial charge in [-0.15, -0.1) is 5.92 Å². The fourth-order valence-corrected chi connectivity index (χ4v) is 9.41. The number of sulfonamides is 2. The van der Waals surface area contributed by atoms with Gasteiger partial charge in [-0.2, -0.15) is 26.8 Å². The van der Waals surface area contributed by atoms with Crippen LogP contribution in [-0.4, -0.2) is 92.5 Å². The molecule has 4 aromatic rings. The van der Waals surface area contributed by atoms with Crippen LogP contribution >= 0.6 is 0 Å². The monoisotopic (exact) mass is 875 g/mol. The van der Waals surface area contributed by atoms with E-state index >= 15 is 0 Å². The topological polar surface area (TPSA) is 229 Å². The molecule has 17 nitrogen and oxygen atoms in total. The first-order valence-corrected chi connectivity index (χ1v) is 22.6. The lowest BCUT2D eigenvalue weighted by atomic mass is 9.97. The summed E-state index contributed by atoms with van der Waals surface area (Å²) < 4.78 is 65.9. The third-order valence-corrected chi connectivity index (χ3v) is 12.4. The third kappa shape index (κ3) is 11.5. The summed E-state index contributed by atoms with van der Waals surface area (Å²) in [5, 5.41) is -0.630. The van der Waals surface area contributed by atoms with Crippen LogP contribution in [0.1, 0.15) is 82.0 Å². The van der Waals surface area contributed by atoms with Gasteiger partial charge in [0, 0.05) is 55.2 Å². The number of hydrogen-bond donors (Lipinski definition) is 3. The number of amides is 2. The first-order valence-electron chi connectivity index (χ1n) is 19.7. The quantitative estimate of drug-likeness (QED) is 0.160. The Morgan fingerprint density at radius 1 is 0.738 bits per heavy atom. The smallest absolute Gasteiger partial charge is 0.281 e. The Hall–Kier alpha value is -5.84. The standard InChI is InChI=1S/C22H26N4O4S.C20H27N5O4S/c1-5-6-13-30-18-10-7-11-19(24-18)31(28,29)25-21(27)17-9-8-12-23-20(17)26-15-16(2)14-22(26,3)4;1-14-12-20(2,3)25(13-14)18-15(6-5-10-22-18)19(26)24-30(27,28)17-8-4-7-16(23-17)29-11-9-21/h7-12,16H,13-15H2,1-4H3,(H,25,27);4-8,10,14H,9,11-13,21H2,1-3H3,(H,24,26). The van der Waals surface area contributed by atoms with E-state index in [1.54, 1.807) is 43.6 Å². The number of hydrogen-bond acceptors (Lipinski definition) is 15. The van der Waals surface area contributed by atoms with Gasteiger partial charge >= 0.3 is 0 Å². The van der Waals surface area contributed by atoms with Gasteiger partial charge in [0.25, 0.3) is 31.9 Å². The predicted molar refractivity (Wildman–Crippen MR) is 230 cm³/mol. The maximum atomic E-state index is 13.0. The highest BCUT2D eigenvalue weighted by Crippen LogP contribution is 2.38. The average Bonchev–Trinajstić information content (AvgIpc) is 3.66. The number of ether oxygens (including phenoxy) is 2. The van der Waals surface area contributed by atoms with E-state index in [1.807, 2.05) is 0 Å². The zero-order valence-electron chi connectivity index (χ0n) is 35.4. The number of nitrogens with one attached hydrogen (secondary N) is 2.